The molecule has 1 fully saturated rings. The van der Waals surface area contributed by atoms with Gasteiger partial charge in [0.25, 0.3) is 11.6 Å². The lowest BCUT2D eigenvalue weighted by atomic mass is 10.1. The van der Waals surface area contributed by atoms with Crippen LogP contribution in [0, 0.1) is 10.1 Å². The fourth-order valence-electron chi connectivity index (χ4n) is 1.94. The first-order valence-corrected chi connectivity index (χ1v) is 7.31. The zero-order valence-corrected chi connectivity index (χ0v) is 12.5. The van der Waals surface area contributed by atoms with Gasteiger partial charge in [0, 0.05) is 29.3 Å². The predicted octanol–water partition coefficient (Wildman–Crippen LogP) is 2.02. The topological polar surface area (TPSA) is 92.6 Å². The van der Waals surface area contributed by atoms with E-state index in [9.17, 15) is 19.7 Å². The van der Waals surface area contributed by atoms with E-state index < -0.39 is 10.5 Å². The summed E-state index contributed by atoms with van der Waals surface area (Å²) in [6.45, 7) is 3.63. The Bertz CT molecular complexity index is 586. The van der Waals surface area contributed by atoms with E-state index in [1.54, 1.807) is 26.0 Å². The number of hydrogen-bond acceptors (Lipinski definition) is 5. The van der Waals surface area contributed by atoms with Gasteiger partial charge in [-0.15, -0.1) is 11.8 Å². The van der Waals surface area contributed by atoms with Gasteiger partial charge in [0.2, 0.25) is 0 Å². The van der Waals surface area contributed by atoms with E-state index in [0.717, 1.165) is 4.90 Å². The zero-order chi connectivity index (χ0) is 15.6. The molecule has 1 aromatic carbocycles. The maximum absolute atomic E-state index is 12.0. The molecule has 112 valence electrons. The van der Waals surface area contributed by atoms with E-state index in [4.69, 9.17) is 0 Å². The highest BCUT2D eigenvalue weighted by Crippen LogP contribution is 2.23. The number of non-ortho nitro benzene ring substituents is 1. The molecule has 0 radical (unpaired) electrons. The summed E-state index contributed by atoms with van der Waals surface area (Å²) < 4.78 is 0. The Hall–Kier alpha value is -2.09. The first-order valence-electron chi connectivity index (χ1n) is 6.32. The molecule has 0 aromatic heterocycles. The van der Waals surface area contributed by atoms with Crippen LogP contribution in [0.25, 0.3) is 0 Å². The molecule has 0 aliphatic carbocycles. The molecular formula is C13H15N3O4S. The lowest BCUT2D eigenvalue weighted by molar-refractivity contribution is -0.384. The SMILES string of the molecule is CC1(C)NC(=O)N(CCSc2ccc([N+](=O)[O-])cc2)C1=O. The summed E-state index contributed by atoms with van der Waals surface area (Å²) in [6.07, 6.45) is 0. The lowest BCUT2D eigenvalue weighted by Crippen LogP contribution is -2.40. The minimum Gasteiger partial charge on any atom is -0.324 e. The van der Waals surface area contributed by atoms with Gasteiger partial charge in [-0.2, -0.15) is 0 Å². The molecule has 1 saturated heterocycles. The highest BCUT2D eigenvalue weighted by molar-refractivity contribution is 7.99. The van der Waals surface area contributed by atoms with Crippen LogP contribution in [-0.2, 0) is 4.79 Å². The molecular weight excluding hydrogens is 294 g/mol. The summed E-state index contributed by atoms with van der Waals surface area (Å²) in [5, 5.41) is 13.2. The minimum absolute atomic E-state index is 0.0372. The smallest absolute Gasteiger partial charge is 0.324 e. The number of nitrogens with one attached hydrogen (secondary N) is 1. The second-order valence-corrected chi connectivity index (χ2v) is 6.28. The predicted molar refractivity (Wildman–Crippen MR) is 78.1 cm³/mol. The monoisotopic (exact) mass is 309 g/mol. The number of nitro benzene ring substituents is 1. The Morgan fingerprint density at radius 1 is 1.29 bits per heavy atom. The number of carbonyl (C=O) groups is 2. The number of nitrogens with zero attached hydrogens (tertiary/aromatic N) is 2. The standard InChI is InChI=1S/C13H15N3O4S/c1-13(2)11(17)15(12(18)14-13)7-8-21-10-5-3-9(4-6-10)16(19)20/h3-6H,7-8H2,1-2H3,(H,14,18). The van der Waals surface area contributed by atoms with E-state index in [0.29, 0.717) is 12.3 Å². The molecule has 0 saturated carbocycles. The largest absolute Gasteiger partial charge is 0.325 e. The molecule has 1 aliphatic heterocycles. The normalized spacial score (nSPS) is 17.0. The molecule has 0 bridgehead atoms. The molecule has 21 heavy (non-hydrogen) atoms. The highest BCUT2D eigenvalue weighted by Gasteiger charge is 2.43. The first-order chi connectivity index (χ1) is 9.81. The van der Waals surface area contributed by atoms with E-state index >= 15 is 0 Å². The van der Waals surface area contributed by atoms with Gasteiger partial charge in [-0.3, -0.25) is 19.8 Å². The average Bonchev–Trinajstić information content (AvgIpc) is 2.61. The number of urea groups is 1. The van der Waals surface area contributed by atoms with Crippen molar-refractivity contribution in [3.05, 3.63) is 34.4 Å². The van der Waals surface area contributed by atoms with Crippen LogP contribution in [0.2, 0.25) is 0 Å². The minimum atomic E-state index is -0.852. The fourth-order valence-corrected chi connectivity index (χ4v) is 2.78. The van der Waals surface area contributed by atoms with Crippen molar-refractivity contribution in [2.24, 2.45) is 0 Å². The molecule has 0 spiro atoms. The summed E-state index contributed by atoms with van der Waals surface area (Å²) in [5.74, 6) is 0.296. The molecule has 1 aliphatic rings. The number of imide groups is 1. The van der Waals surface area contributed by atoms with Crippen molar-refractivity contribution in [3.63, 3.8) is 0 Å². The van der Waals surface area contributed by atoms with Crippen molar-refractivity contribution in [2.45, 2.75) is 24.3 Å². The van der Waals surface area contributed by atoms with Crippen LogP contribution in [0.5, 0.6) is 0 Å². The van der Waals surface area contributed by atoms with Crippen LogP contribution in [0.4, 0.5) is 10.5 Å². The second kappa shape index (κ2) is 5.72. The number of thioether (sulfide) groups is 1. The second-order valence-electron chi connectivity index (χ2n) is 5.11. The van der Waals surface area contributed by atoms with Crippen LogP contribution < -0.4 is 5.32 Å². The molecule has 0 atom stereocenters. The number of benzene rings is 1. The fraction of sp³-hybridized carbons (Fsp3) is 0.385. The maximum Gasteiger partial charge on any atom is 0.325 e. The van der Waals surface area contributed by atoms with Gasteiger partial charge in [-0.25, -0.2) is 4.79 Å². The van der Waals surface area contributed by atoms with Gasteiger partial charge in [-0.1, -0.05) is 0 Å². The van der Waals surface area contributed by atoms with Crippen molar-refractivity contribution in [2.75, 3.05) is 12.3 Å². The van der Waals surface area contributed by atoms with E-state index in [2.05, 4.69) is 5.32 Å². The Morgan fingerprint density at radius 2 is 1.90 bits per heavy atom. The van der Waals surface area contributed by atoms with Gasteiger partial charge < -0.3 is 5.32 Å². The molecule has 1 aromatic rings. The summed E-state index contributed by atoms with van der Waals surface area (Å²) >= 11 is 1.44. The van der Waals surface area contributed by atoms with Crippen molar-refractivity contribution < 1.29 is 14.5 Å². The van der Waals surface area contributed by atoms with Gasteiger partial charge in [0.05, 0.1) is 4.92 Å². The van der Waals surface area contributed by atoms with Crippen LogP contribution in [0.15, 0.2) is 29.2 Å². The number of amides is 3. The zero-order valence-electron chi connectivity index (χ0n) is 11.7. The van der Waals surface area contributed by atoms with E-state index in [-0.39, 0.29) is 17.6 Å². The van der Waals surface area contributed by atoms with Gasteiger partial charge in [-0.05, 0) is 26.0 Å². The molecule has 8 heteroatoms. The van der Waals surface area contributed by atoms with Crippen molar-refractivity contribution in [1.82, 2.24) is 10.2 Å². The Kier molecular flexibility index (Phi) is 4.17. The summed E-state index contributed by atoms with van der Waals surface area (Å²) in [6, 6.07) is 5.78. The molecule has 1 heterocycles. The molecule has 7 nitrogen and oxygen atoms in total. The molecule has 2 rings (SSSR count). The molecule has 1 N–H and O–H groups in total. The average molecular weight is 309 g/mol. The number of hydrogen-bond donors (Lipinski definition) is 1. The van der Waals surface area contributed by atoms with Gasteiger partial charge in [0.1, 0.15) is 5.54 Å². The quantitative estimate of drug-likeness (QED) is 0.389. The number of carbonyl (C=O) groups excluding carboxylic acids is 2. The van der Waals surface area contributed by atoms with Gasteiger partial charge >= 0.3 is 6.03 Å². The number of rotatable bonds is 5. The third kappa shape index (κ3) is 3.33. The molecule has 0 unspecified atom stereocenters. The van der Waals surface area contributed by atoms with E-state index in [1.165, 1.54) is 28.8 Å². The van der Waals surface area contributed by atoms with Crippen molar-refractivity contribution in [1.29, 1.82) is 0 Å². The summed E-state index contributed by atoms with van der Waals surface area (Å²) in [5.41, 5.74) is -0.815. The van der Waals surface area contributed by atoms with Crippen LogP contribution in [0.1, 0.15) is 13.8 Å². The number of nitro groups is 1. The Balaban J connectivity index is 1.88. The van der Waals surface area contributed by atoms with Crippen LogP contribution in [-0.4, -0.2) is 39.6 Å². The van der Waals surface area contributed by atoms with Crippen molar-refractivity contribution >= 4 is 29.4 Å². The third-order valence-electron chi connectivity index (χ3n) is 3.08. The highest BCUT2D eigenvalue weighted by atomic mass is 32.2. The summed E-state index contributed by atoms with van der Waals surface area (Å²) in [7, 11) is 0. The Labute approximate surface area is 125 Å². The molecule has 3 amide bonds. The first kappa shape index (κ1) is 15.3. The van der Waals surface area contributed by atoms with Crippen LogP contribution >= 0.6 is 11.8 Å². The maximum atomic E-state index is 12.0. The van der Waals surface area contributed by atoms with E-state index in [1.807, 2.05) is 0 Å². The summed E-state index contributed by atoms with van der Waals surface area (Å²) in [4.78, 5) is 35.8. The lowest BCUT2D eigenvalue weighted by Gasteiger charge is -2.15. The Morgan fingerprint density at radius 3 is 2.38 bits per heavy atom. The third-order valence-corrected chi connectivity index (χ3v) is 4.07. The van der Waals surface area contributed by atoms with Gasteiger partial charge in [0.15, 0.2) is 0 Å². The van der Waals surface area contributed by atoms with Crippen molar-refractivity contribution in [3.8, 4) is 0 Å². The van der Waals surface area contributed by atoms with Crippen LogP contribution in [0.3, 0.4) is 0 Å².